The molecule has 37 heavy (non-hydrogen) atoms. The summed E-state index contributed by atoms with van der Waals surface area (Å²) in [4.78, 5) is 30.5. The summed E-state index contributed by atoms with van der Waals surface area (Å²) >= 11 is 6.50. The van der Waals surface area contributed by atoms with E-state index in [9.17, 15) is 14.7 Å². The molecule has 200 valence electrons. The number of ether oxygens (including phenoxy) is 1. The summed E-state index contributed by atoms with van der Waals surface area (Å²) < 4.78 is 5.71. The zero-order valence-electron chi connectivity index (χ0n) is 22.9. The van der Waals surface area contributed by atoms with Crippen LogP contribution in [0.4, 0.5) is 0 Å². The van der Waals surface area contributed by atoms with Crippen molar-refractivity contribution >= 4 is 23.2 Å². The second-order valence-corrected chi connectivity index (χ2v) is 13.4. The lowest BCUT2D eigenvalue weighted by Crippen LogP contribution is -2.48. The molecular formula is C31H40ClNO4. The molecule has 1 fully saturated rings. The number of Topliss-reactive ketones (excluding diaryl/α,β-unsaturated/α-hetero) is 2. The van der Waals surface area contributed by atoms with Gasteiger partial charge in [-0.1, -0.05) is 58.6 Å². The van der Waals surface area contributed by atoms with Gasteiger partial charge in [-0.15, -0.1) is 0 Å². The molecule has 4 aliphatic rings. The molecule has 5 rings (SSSR count). The van der Waals surface area contributed by atoms with Crippen molar-refractivity contribution in [1.29, 1.82) is 0 Å². The molecule has 1 aromatic rings. The van der Waals surface area contributed by atoms with Crippen LogP contribution in [-0.4, -0.2) is 34.2 Å². The molecule has 3 aliphatic carbocycles. The van der Waals surface area contributed by atoms with Gasteiger partial charge < -0.3 is 14.7 Å². The molecule has 0 spiro atoms. The molecule has 0 radical (unpaired) electrons. The van der Waals surface area contributed by atoms with Gasteiger partial charge in [-0.25, -0.2) is 0 Å². The molecule has 0 aromatic heterocycles. The summed E-state index contributed by atoms with van der Waals surface area (Å²) in [5.41, 5.74) is 4.15. The average molecular weight is 526 g/mol. The van der Waals surface area contributed by atoms with Crippen LogP contribution >= 0.6 is 11.6 Å². The summed E-state index contributed by atoms with van der Waals surface area (Å²) in [6.45, 7) is 10.9. The Labute approximate surface area is 225 Å². The Bertz CT molecular complexity index is 1150. The molecule has 1 N–H and O–H groups in total. The van der Waals surface area contributed by atoms with E-state index in [-0.39, 0.29) is 38.9 Å². The van der Waals surface area contributed by atoms with E-state index in [4.69, 9.17) is 16.3 Å². The number of phenols is 1. The highest BCUT2D eigenvalue weighted by Gasteiger charge is 2.50. The molecule has 5 nitrogen and oxygen atoms in total. The van der Waals surface area contributed by atoms with Crippen LogP contribution in [0.1, 0.15) is 104 Å². The van der Waals surface area contributed by atoms with E-state index in [1.165, 1.54) is 19.3 Å². The molecule has 0 saturated heterocycles. The van der Waals surface area contributed by atoms with E-state index in [0.717, 1.165) is 53.8 Å². The summed E-state index contributed by atoms with van der Waals surface area (Å²) in [5, 5.41) is 10.7. The summed E-state index contributed by atoms with van der Waals surface area (Å²) in [7, 11) is 0. The van der Waals surface area contributed by atoms with Gasteiger partial charge in [-0.05, 0) is 61.1 Å². The van der Waals surface area contributed by atoms with E-state index in [1.807, 2.05) is 6.92 Å². The third-order valence-electron chi connectivity index (χ3n) is 8.58. The predicted molar refractivity (Wildman–Crippen MR) is 146 cm³/mol. The number of nitrogens with zero attached hydrogens (tertiary/aromatic N) is 1. The molecule has 0 amide bonds. The van der Waals surface area contributed by atoms with E-state index in [0.29, 0.717) is 25.5 Å². The Morgan fingerprint density at radius 3 is 1.97 bits per heavy atom. The topological polar surface area (TPSA) is 66.8 Å². The van der Waals surface area contributed by atoms with E-state index >= 15 is 0 Å². The van der Waals surface area contributed by atoms with Gasteiger partial charge in [0.1, 0.15) is 0 Å². The average Bonchev–Trinajstić information content (AvgIpc) is 2.79. The minimum atomic E-state index is -0.491. The minimum absolute atomic E-state index is 0.109. The molecular weight excluding hydrogens is 486 g/mol. The van der Waals surface area contributed by atoms with Crippen molar-refractivity contribution in [3.63, 3.8) is 0 Å². The number of rotatable bonds is 4. The van der Waals surface area contributed by atoms with Crippen molar-refractivity contribution in [2.24, 2.45) is 10.8 Å². The SMILES string of the molecule is CCOc1cc(C2C3=C(CC(C)(C)CC3=O)N(C3CCCCC3)C3=C2C(=O)CC(C)(C)C3)cc(Cl)c1O. The Kier molecular flexibility index (Phi) is 6.75. The van der Waals surface area contributed by atoms with Gasteiger partial charge in [0, 0.05) is 47.3 Å². The normalized spacial score (nSPS) is 24.3. The lowest BCUT2D eigenvalue weighted by molar-refractivity contribution is -0.119. The van der Waals surface area contributed by atoms with Crippen molar-refractivity contribution < 1.29 is 19.4 Å². The molecule has 1 aliphatic heterocycles. The Morgan fingerprint density at radius 1 is 0.919 bits per heavy atom. The van der Waals surface area contributed by atoms with Crippen molar-refractivity contribution in [3.8, 4) is 11.5 Å². The predicted octanol–water partition coefficient (Wildman–Crippen LogP) is 7.46. The zero-order valence-corrected chi connectivity index (χ0v) is 23.6. The molecule has 0 bridgehead atoms. The number of ketones is 2. The first kappa shape index (κ1) is 26.3. The van der Waals surface area contributed by atoms with Crippen LogP contribution in [0.2, 0.25) is 5.02 Å². The minimum Gasteiger partial charge on any atom is -0.503 e. The zero-order chi connectivity index (χ0) is 26.7. The first-order valence-corrected chi connectivity index (χ1v) is 14.3. The maximum absolute atomic E-state index is 14.0. The van der Waals surface area contributed by atoms with Crippen LogP contribution in [0.5, 0.6) is 11.5 Å². The third kappa shape index (κ3) is 4.73. The maximum atomic E-state index is 14.0. The number of aromatic hydroxyl groups is 1. The second kappa shape index (κ2) is 9.48. The number of hydrogen-bond acceptors (Lipinski definition) is 5. The van der Waals surface area contributed by atoms with Crippen molar-refractivity contribution in [1.82, 2.24) is 4.90 Å². The fourth-order valence-corrected chi connectivity index (χ4v) is 7.35. The van der Waals surface area contributed by atoms with Gasteiger partial charge in [0.05, 0.1) is 11.6 Å². The van der Waals surface area contributed by atoms with Crippen molar-refractivity contribution in [2.45, 2.75) is 104 Å². The lowest BCUT2D eigenvalue weighted by Gasteiger charge is -2.52. The molecule has 0 unspecified atom stereocenters. The third-order valence-corrected chi connectivity index (χ3v) is 8.86. The number of carbonyl (C=O) groups excluding carboxylic acids is 2. The van der Waals surface area contributed by atoms with Gasteiger partial charge in [0.15, 0.2) is 23.1 Å². The van der Waals surface area contributed by atoms with Crippen molar-refractivity contribution in [2.75, 3.05) is 6.61 Å². The van der Waals surface area contributed by atoms with Crippen LogP contribution in [0.15, 0.2) is 34.7 Å². The van der Waals surface area contributed by atoms with Crippen LogP contribution in [-0.2, 0) is 9.59 Å². The van der Waals surface area contributed by atoms with Gasteiger partial charge in [0.25, 0.3) is 0 Å². The highest BCUT2D eigenvalue weighted by atomic mass is 35.5. The fraction of sp³-hybridized carbons (Fsp3) is 0.613. The first-order valence-electron chi connectivity index (χ1n) is 13.9. The first-order chi connectivity index (χ1) is 17.4. The number of hydrogen-bond donors (Lipinski definition) is 1. The number of halogens is 1. The van der Waals surface area contributed by atoms with Gasteiger partial charge in [-0.2, -0.15) is 0 Å². The number of carbonyl (C=O) groups is 2. The number of benzene rings is 1. The molecule has 0 atom stereocenters. The van der Waals surface area contributed by atoms with E-state index in [2.05, 4.69) is 32.6 Å². The Balaban J connectivity index is 1.79. The van der Waals surface area contributed by atoms with E-state index < -0.39 is 5.92 Å². The van der Waals surface area contributed by atoms with E-state index in [1.54, 1.807) is 12.1 Å². The Hall–Kier alpha value is -2.27. The summed E-state index contributed by atoms with van der Waals surface area (Å²) in [6, 6.07) is 3.81. The van der Waals surface area contributed by atoms with Crippen LogP contribution in [0, 0.1) is 10.8 Å². The second-order valence-electron chi connectivity index (χ2n) is 13.0. The van der Waals surface area contributed by atoms with Gasteiger partial charge in [0.2, 0.25) is 0 Å². The highest BCUT2D eigenvalue weighted by molar-refractivity contribution is 6.32. The van der Waals surface area contributed by atoms with Crippen molar-refractivity contribution in [3.05, 3.63) is 45.3 Å². The van der Waals surface area contributed by atoms with Gasteiger partial charge >= 0.3 is 0 Å². The highest BCUT2D eigenvalue weighted by Crippen LogP contribution is 2.56. The van der Waals surface area contributed by atoms with Gasteiger partial charge in [-0.3, -0.25) is 9.59 Å². The molecule has 1 heterocycles. The monoisotopic (exact) mass is 525 g/mol. The standard InChI is InChI=1S/C31H40ClNO4/c1-6-37-25-13-18(12-20(32)29(25)36)26-27-21(14-30(2,3)16-23(27)34)33(19-10-8-7-9-11-19)22-15-31(4,5)17-24(35)28(22)26/h12-13,19,26,36H,6-11,14-17H2,1-5H3. The number of phenolic OH excluding ortho intramolecular Hbond substituents is 1. The van der Waals surface area contributed by atoms with Crippen LogP contribution < -0.4 is 4.74 Å². The number of allylic oxidation sites excluding steroid dienone is 4. The maximum Gasteiger partial charge on any atom is 0.176 e. The smallest absolute Gasteiger partial charge is 0.176 e. The summed E-state index contributed by atoms with van der Waals surface area (Å²) in [6.07, 6.45) is 8.27. The molecule has 1 saturated carbocycles. The fourth-order valence-electron chi connectivity index (χ4n) is 7.14. The molecule has 6 heteroatoms. The van der Waals surface area contributed by atoms with Crippen LogP contribution in [0.25, 0.3) is 0 Å². The molecule has 1 aromatic carbocycles. The Morgan fingerprint density at radius 2 is 1.46 bits per heavy atom. The lowest BCUT2D eigenvalue weighted by atomic mass is 9.63. The largest absolute Gasteiger partial charge is 0.503 e. The van der Waals surface area contributed by atoms with Crippen LogP contribution in [0.3, 0.4) is 0 Å². The quantitative estimate of drug-likeness (QED) is 0.441. The summed E-state index contributed by atoms with van der Waals surface area (Å²) in [5.74, 6) is -0.0835.